The average molecular weight is 132 g/mol. The van der Waals surface area contributed by atoms with Crippen molar-refractivity contribution in [1.82, 2.24) is 0 Å². The summed E-state index contributed by atoms with van der Waals surface area (Å²) in [5.74, 6) is 0. The molecule has 0 aromatic heterocycles. The van der Waals surface area contributed by atoms with Gasteiger partial charge in [0.25, 0.3) is 0 Å². The summed E-state index contributed by atoms with van der Waals surface area (Å²) in [6, 6.07) is 0. The largest absolute Gasteiger partial charge is 0.450 e. The normalized spacial score (nSPS) is 4.29. The van der Waals surface area contributed by atoms with Gasteiger partial charge in [0, 0.05) is 0 Å². The molecule has 0 aliphatic rings. The molecule has 0 heterocycles. The SMILES string of the molecule is C#C.S=COC=S. The first-order chi connectivity index (χ1) is 3.41. The molecule has 0 amide bonds. The molecule has 0 aromatic rings. The van der Waals surface area contributed by atoms with E-state index < -0.39 is 0 Å². The maximum absolute atomic E-state index is 4.21. The Morgan fingerprint density at radius 3 is 1.43 bits per heavy atom. The van der Waals surface area contributed by atoms with Gasteiger partial charge in [-0.3, -0.25) is 0 Å². The Morgan fingerprint density at radius 1 is 1.14 bits per heavy atom. The molecule has 0 fully saturated rings. The molecule has 0 bridgehead atoms. The monoisotopic (exact) mass is 132 g/mol. The zero-order valence-electron chi connectivity index (χ0n) is 3.53. The van der Waals surface area contributed by atoms with Crippen molar-refractivity contribution < 1.29 is 4.74 Å². The lowest BCUT2D eigenvalue weighted by atomic mass is 11.4. The topological polar surface area (TPSA) is 9.23 Å². The van der Waals surface area contributed by atoms with Crippen molar-refractivity contribution in [1.29, 1.82) is 0 Å². The predicted octanol–water partition coefficient (Wildman–Crippen LogP) is 1.17. The fourth-order valence-electron chi connectivity index (χ4n) is 0.0227. The molecule has 0 rings (SSSR count). The van der Waals surface area contributed by atoms with Crippen LogP contribution in [0, 0.1) is 12.8 Å². The van der Waals surface area contributed by atoms with E-state index in [0.717, 1.165) is 11.1 Å². The van der Waals surface area contributed by atoms with Crippen molar-refractivity contribution in [2.45, 2.75) is 0 Å². The minimum atomic E-state index is 1.10. The van der Waals surface area contributed by atoms with Gasteiger partial charge in [0.2, 0.25) is 0 Å². The first-order valence-corrected chi connectivity index (χ1v) is 2.22. The van der Waals surface area contributed by atoms with Crippen LogP contribution in [0.2, 0.25) is 0 Å². The van der Waals surface area contributed by atoms with E-state index >= 15 is 0 Å². The van der Waals surface area contributed by atoms with Crippen molar-refractivity contribution in [3.8, 4) is 12.8 Å². The first kappa shape index (κ1) is 9.74. The van der Waals surface area contributed by atoms with Gasteiger partial charge in [-0.15, -0.1) is 12.8 Å². The number of rotatable bonds is 2. The first-order valence-electron chi connectivity index (χ1n) is 1.28. The van der Waals surface area contributed by atoms with Gasteiger partial charge < -0.3 is 4.74 Å². The molecule has 0 atom stereocenters. The summed E-state index contributed by atoms with van der Waals surface area (Å²) in [5, 5.41) is 0. The molecular formula is C4H4OS2. The highest BCUT2D eigenvalue weighted by Gasteiger charge is 1.50. The summed E-state index contributed by atoms with van der Waals surface area (Å²) in [7, 11) is 0. The number of terminal acetylenes is 1. The Hall–Kier alpha value is -0.460. The molecule has 1 nitrogen and oxygen atoms in total. The Balaban J connectivity index is 0. The van der Waals surface area contributed by atoms with Crippen LogP contribution in [0.5, 0.6) is 0 Å². The van der Waals surface area contributed by atoms with Gasteiger partial charge in [0.15, 0.2) is 11.1 Å². The van der Waals surface area contributed by atoms with Gasteiger partial charge >= 0.3 is 0 Å². The second-order valence-electron chi connectivity index (χ2n) is 0.329. The molecule has 0 saturated carbocycles. The van der Waals surface area contributed by atoms with Crippen LogP contribution < -0.4 is 0 Å². The van der Waals surface area contributed by atoms with Gasteiger partial charge in [0.1, 0.15) is 0 Å². The lowest BCUT2D eigenvalue weighted by Gasteiger charge is -1.72. The second kappa shape index (κ2) is 17.7. The quantitative estimate of drug-likeness (QED) is 0.412. The van der Waals surface area contributed by atoms with Crippen molar-refractivity contribution in [2.75, 3.05) is 0 Å². The molecular weight excluding hydrogens is 128 g/mol. The van der Waals surface area contributed by atoms with E-state index in [4.69, 9.17) is 0 Å². The van der Waals surface area contributed by atoms with Crippen molar-refractivity contribution in [3.63, 3.8) is 0 Å². The summed E-state index contributed by atoms with van der Waals surface area (Å²) in [4.78, 5) is 0. The zero-order chi connectivity index (χ0) is 6.12. The van der Waals surface area contributed by atoms with E-state index in [-0.39, 0.29) is 0 Å². The van der Waals surface area contributed by atoms with E-state index in [9.17, 15) is 0 Å². The fraction of sp³-hybridized carbons (Fsp3) is 0. The molecule has 0 aliphatic carbocycles. The molecule has 38 valence electrons. The Bertz CT molecular complexity index is 61.3. The maximum atomic E-state index is 4.21. The summed E-state index contributed by atoms with van der Waals surface area (Å²) >= 11 is 8.41. The van der Waals surface area contributed by atoms with E-state index in [1.807, 2.05) is 0 Å². The van der Waals surface area contributed by atoms with Crippen LogP contribution >= 0.6 is 24.4 Å². The Morgan fingerprint density at radius 2 is 1.43 bits per heavy atom. The highest BCUT2D eigenvalue weighted by molar-refractivity contribution is 7.79. The van der Waals surface area contributed by atoms with E-state index in [0.29, 0.717) is 0 Å². The number of hydrogen-bond acceptors (Lipinski definition) is 3. The summed E-state index contributed by atoms with van der Waals surface area (Å²) < 4.78 is 4.21. The highest BCUT2D eigenvalue weighted by atomic mass is 32.1. The minimum Gasteiger partial charge on any atom is -0.450 e. The van der Waals surface area contributed by atoms with Gasteiger partial charge in [0.05, 0.1) is 0 Å². The van der Waals surface area contributed by atoms with Crippen molar-refractivity contribution in [2.24, 2.45) is 0 Å². The lowest BCUT2D eigenvalue weighted by molar-refractivity contribution is 0.622. The van der Waals surface area contributed by atoms with Crippen LogP contribution in [0.1, 0.15) is 0 Å². The molecule has 0 saturated heterocycles. The van der Waals surface area contributed by atoms with Crippen LogP contribution in [0.4, 0.5) is 0 Å². The molecule has 0 radical (unpaired) electrons. The molecule has 0 aromatic carbocycles. The van der Waals surface area contributed by atoms with Crippen LogP contribution in [0.3, 0.4) is 0 Å². The number of thiocarbonyl (C=S) groups is 2. The fourth-order valence-corrected chi connectivity index (χ4v) is 0.204. The highest BCUT2D eigenvalue weighted by Crippen LogP contribution is 1.54. The average Bonchev–Trinajstić information content (AvgIpc) is 1.75. The third-order valence-electron chi connectivity index (χ3n) is 0.111. The Kier molecular flexibility index (Phi) is 24.6. The summed E-state index contributed by atoms with van der Waals surface area (Å²) in [5.41, 5.74) is 2.21. The molecule has 7 heavy (non-hydrogen) atoms. The lowest BCUT2D eigenvalue weighted by Crippen LogP contribution is -1.71. The van der Waals surface area contributed by atoms with Gasteiger partial charge in [-0.25, -0.2) is 0 Å². The van der Waals surface area contributed by atoms with Crippen LogP contribution in [0.15, 0.2) is 0 Å². The summed E-state index contributed by atoms with van der Waals surface area (Å²) in [6.07, 6.45) is 8.00. The smallest absolute Gasteiger partial charge is 0.154 e. The van der Waals surface area contributed by atoms with E-state index in [1.54, 1.807) is 0 Å². The molecule has 0 N–H and O–H groups in total. The zero-order valence-corrected chi connectivity index (χ0v) is 5.17. The number of hydrogen-bond donors (Lipinski definition) is 0. The van der Waals surface area contributed by atoms with Gasteiger partial charge in [-0.1, -0.05) is 0 Å². The van der Waals surface area contributed by atoms with Crippen LogP contribution in [-0.4, -0.2) is 11.1 Å². The standard InChI is InChI=1S/C2H2OS2.C2H2/c4-1-3-2-5;1-2/h1-2H;1-2H. The van der Waals surface area contributed by atoms with E-state index in [2.05, 4.69) is 42.0 Å². The van der Waals surface area contributed by atoms with Gasteiger partial charge in [-0.2, -0.15) is 0 Å². The number of ether oxygens (including phenoxy) is 1. The van der Waals surface area contributed by atoms with E-state index in [1.165, 1.54) is 0 Å². The predicted molar refractivity (Wildman–Crippen MR) is 38.3 cm³/mol. The third-order valence-corrected chi connectivity index (χ3v) is 0.333. The van der Waals surface area contributed by atoms with Crippen molar-refractivity contribution >= 4 is 35.5 Å². The minimum absolute atomic E-state index is 1.10. The molecule has 0 aliphatic heterocycles. The molecule has 0 spiro atoms. The van der Waals surface area contributed by atoms with Crippen molar-refractivity contribution in [3.05, 3.63) is 0 Å². The third kappa shape index (κ3) is 29.3. The molecule has 3 heteroatoms. The summed E-state index contributed by atoms with van der Waals surface area (Å²) in [6.45, 7) is 0. The molecule has 0 unspecified atom stereocenters. The van der Waals surface area contributed by atoms with Gasteiger partial charge in [-0.05, 0) is 24.4 Å². The Labute approximate surface area is 53.7 Å². The second-order valence-corrected chi connectivity index (χ2v) is 0.713. The van der Waals surface area contributed by atoms with Crippen LogP contribution in [-0.2, 0) is 4.74 Å². The maximum Gasteiger partial charge on any atom is 0.154 e. The van der Waals surface area contributed by atoms with Crippen LogP contribution in [0.25, 0.3) is 0 Å².